The van der Waals surface area contributed by atoms with E-state index in [4.69, 9.17) is 30.8 Å². The average molecular weight is 944 g/mol. The van der Waals surface area contributed by atoms with E-state index >= 15 is 0 Å². The molecule has 6 heterocycles. The number of rotatable bonds is 10. The predicted molar refractivity (Wildman–Crippen MR) is 259 cm³/mol. The van der Waals surface area contributed by atoms with Gasteiger partial charge in [0.25, 0.3) is 0 Å². The van der Waals surface area contributed by atoms with Gasteiger partial charge in [0.1, 0.15) is 36.2 Å². The van der Waals surface area contributed by atoms with Crippen molar-refractivity contribution in [3.63, 3.8) is 0 Å². The summed E-state index contributed by atoms with van der Waals surface area (Å²) in [6, 6.07) is 16.1. The highest BCUT2D eigenvalue weighted by Crippen LogP contribution is 2.56. The third kappa shape index (κ3) is 8.68. The Morgan fingerprint density at radius 1 is 0.985 bits per heavy atom. The van der Waals surface area contributed by atoms with Crippen LogP contribution < -0.4 is 41.6 Å². The minimum Gasteiger partial charge on any atom is -0.490 e. The number of amides is 1. The molecule has 10 rings (SSSR count). The van der Waals surface area contributed by atoms with Gasteiger partial charge in [-0.15, -0.1) is 11.8 Å². The number of aliphatic imine (C=N–C) groups is 1. The van der Waals surface area contributed by atoms with Crippen molar-refractivity contribution in [2.75, 3.05) is 39.3 Å². The number of likely N-dealkylation sites (tertiary alicyclic amines) is 1. The van der Waals surface area contributed by atoms with Crippen LogP contribution in [-0.2, 0) is 9.53 Å². The molecule has 6 N–H and O–H groups in total. The maximum atomic E-state index is 13.7. The zero-order valence-electron chi connectivity index (χ0n) is 39.7. The number of benzene rings is 2. The van der Waals surface area contributed by atoms with Crippen molar-refractivity contribution in [3.05, 3.63) is 58.6 Å². The van der Waals surface area contributed by atoms with Crippen molar-refractivity contribution in [3.8, 4) is 17.6 Å². The maximum absolute atomic E-state index is 13.7. The van der Waals surface area contributed by atoms with Crippen LogP contribution in [0, 0.1) is 45.3 Å². The zero-order chi connectivity index (χ0) is 46.1. The van der Waals surface area contributed by atoms with Gasteiger partial charge in [-0.1, -0.05) is 53.1 Å². The van der Waals surface area contributed by atoms with Crippen LogP contribution in [0.25, 0.3) is 0 Å². The molecule has 8 atom stereocenters. The lowest BCUT2D eigenvalue weighted by molar-refractivity contribution is -0.174. The number of thioether (sulfide) groups is 1. The fourth-order valence-electron chi connectivity index (χ4n) is 13.3. The number of nitrogens with one attached hydrogen (secondary N) is 6. The Labute approximate surface area is 400 Å². The number of hydrogen-bond acceptors (Lipinski definition) is 14. The molecule has 5 saturated heterocycles. The van der Waals surface area contributed by atoms with E-state index in [0.717, 1.165) is 64.1 Å². The van der Waals surface area contributed by atoms with Gasteiger partial charge in [0.2, 0.25) is 5.91 Å². The molecule has 2 aliphatic carbocycles. The number of hydrazine groups is 1. The molecule has 7 fully saturated rings. The van der Waals surface area contributed by atoms with Gasteiger partial charge in [-0.05, 0) is 92.3 Å². The normalized spacial score (nSPS) is 37.3. The first kappa shape index (κ1) is 46.7. The third-order valence-corrected chi connectivity index (χ3v) is 18.9. The molecule has 1 spiro atoms. The van der Waals surface area contributed by atoms with E-state index in [2.05, 4.69) is 132 Å². The molecule has 2 aromatic carbocycles. The molecule has 2 aromatic rings. The minimum absolute atomic E-state index is 0.0212. The van der Waals surface area contributed by atoms with E-state index in [0.29, 0.717) is 57.3 Å². The average Bonchev–Trinajstić information content (AvgIpc) is 4.11. The lowest BCUT2D eigenvalue weighted by Gasteiger charge is -2.63. The summed E-state index contributed by atoms with van der Waals surface area (Å²) < 4.78 is 19.2. The number of carbonyl (C=O) groups is 1. The number of ether oxygens (including phenoxy) is 3. The van der Waals surface area contributed by atoms with Crippen molar-refractivity contribution < 1.29 is 19.0 Å². The van der Waals surface area contributed by atoms with Crippen molar-refractivity contribution in [1.82, 2.24) is 41.9 Å². The van der Waals surface area contributed by atoms with Gasteiger partial charge >= 0.3 is 0 Å². The first-order valence-corrected chi connectivity index (χ1v) is 26.0. The van der Waals surface area contributed by atoms with E-state index in [1.807, 2.05) is 0 Å². The summed E-state index contributed by atoms with van der Waals surface area (Å²) in [5.74, 6) is 2.29. The Hall–Kier alpha value is -3.01. The summed E-state index contributed by atoms with van der Waals surface area (Å²) in [5, 5.41) is 24.8. The molecule has 358 valence electrons. The van der Waals surface area contributed by atoms with Crippen LogP contribution in [0.15, 0.2) is 47.5 Å². The summed E-state index contributed by atoms with van der Waals surface area (Å²) in [7, 11) is 0. The highest BCUT2D eigenvalue weighted by Gasteiger charge is 2.64. The van der Waals surface area contributed by atoms with E-state index in [1.165, 1.54) is 17.7 Å². The Morgan fingerprint density at radius 3 is 2.39 bits per heavy atom. The summed E-state index contributed by atoms with van der Waals surface area (Å²) in [4.78, 5) is 24.6. The number of hydrogen-bond donors (Lipinski definition) is 6. The number of halogens is 1. The number of nitriles is 1. The predicted octanol–water partition coefficient (Wildman–Crippen LogP) is 5.62. The minimum atomic E-state index is -0.308. The van der Waals surface area contributed by atoms with Crippen LogP contribution in [0.1, 0.15) is 98.1 Å². The molecule has 0 bridgehead atoms. The molecule has 0 radical (unpaired) electrons. The second kappa shape index (κ2) is 18.4. The van der Waals surface area contributed by atoms with E-state index in [1.54, 1.807) is 18.2 Å². The first-order chi connectivity index (χ1) is 31.6. The van der Waals surface area contributed by atoms with Crippen LogP contribution in [0.2, 0.25) is 5.02 Å². The largest absolute Gasteiger partial charge is 0.490 e. The molecule has 66 heavy (non-hydrogen) atoms. The third-order valence-electron chi connectivity index (χ3n) is 16.9. The number of carbonyl (C=O) groups excluding carboxylic acids is 1. The molecular weight excluding hydrogens is 872 g/mol. The van der Waals surface area contributed by atoms with Crippen molar-refractivity contribution in [2.24, 2.45) is 39.0 Å². The lowest BCUT2D eigenvalue weighted by Crippen LogP contribution is -2.75. The topological polar surface area (TPSA) is 160 Å². The van der Waals surface area contributed by atoms with Crippen LogP contribution in [0.4, 0.5) is 0 Å². The van der Waals surface area contributed by atoms with Gasteiger partial charge in [0.15, 0.2) is 0 Å². The number of fused-ring (bicyclic) bond motifs is 3. The molecule has 8 aliphatic rings. The Bertz CT molecular complexity index is 2150. The fraction of sp³-hybridized carbons (Fsp3) is 0.700. The Morgan fingerprint density at radius 2 is 1.71 bits per heavy atom. The summed E-state index contributed by atoms with van der Waals surface area (Å²) >= 11 is 8.40. The van der Waals surface area contributed by atoms with Crippen LogP contribution in [0.3, 0.4) is 0 Å². The second-order valence-corrected chi connectivity index (χ2v) is 23.8. The van der Waals surface area contributed by atoms with Crippen molar-refractivity contribution in [1.29, 1.82) is 5.26 Å². The highest BCUT2D eigenvalue weighted by atomic mass is 35.5. The van der Waals surface area contributed by atoms with Crippen LogP contribution in [-0.4, -0.2) is 121 Å². The summed E-state index contributed by atoms with van der Waals surface area (Å²) in [5.41, 5.74) is 9.69. The smallest absolute Gasteiger partial charge is 0.225 e. The van der Waals surface area contributed by atoms with Crippen LogP contribution >= 0.6 is 23.4 Å². The quantitative estimate of drug-likeness (QED) is 0.175. The molecule has 14 nitrogen and oxygen atoms in total. The number of nitrogens with zero attached hydrogens (tertiary/aromatic N) is 4. The molecule has 6 aliphatic heterocycles. The molecule has 0 aromatic heterocycles. The maximum Gasteiger partial charge on any atom is 0.225 e. The van der Waals surface area contributed by atoms with Gasteiger partial charge in [-0.2, -0.15) is 5.26 Å². The Balaban J connectivity index is 0.706. The molecule has 1 amide bonds. The van der Waals surface area contributed by atoms with Gasteiger partial charge < -0.3 is 19.5 Å². The monoisotopic (exact) mass is 943 g/mol. The first-order valence-electron chi connectivity index (χ1n) is 24.7. The fourth-order valence-corrected chi connectivity index (χ4v) is 15.4. The van der Waals surface area contributed by atoms with Gasteiger partial charge in [-0.3, -0.25) is 35.5 Å². The summed E-state index contributed by atoms with van der Waals surface area (Å²) in [6.07, 6.45) is 6.92. The standard InChI is InChI=1S/C50H71ClN10O4S/c1-28-29(2)66-44-40(28)41(56-38(23-39-53-19-21-63-39)42-59-58-30(3)61(42)44)31-8-11-34(12-9-31)64-35-14-16-50(17-15-35)18-20-60(27-50)47-54-25-33(26-55-47)43(62)57-45-48(4,5)46(49(45,6)7)65-36-13-10-32(24-52)37(51)22-36/h8-13,22,28-30,33,35,38-40,42,44-47,53-55,58-59H,14-21,23,25-27H2,1-7H3,(H,57,62)/t28?,29?,30?,33?,35?,38-,39?,40?,42?,44?,45?,46?,47?,50?/m0/s1. The Kier molecular flexibility index (Phi) is 13.0. The van der Waals surface area contributed by atoms with E-state index < -0.39 is 0 Å². The van der Waals surface area contributed by atoms with Gasteiger partial charge in [-0.25, -0.2) is 10.9 Å². The SMILES string of the molecule is CC1SC2C(C(c3ccc(OC4CCC5(CC4)CCN(C4NCC(C(=O)NC6C(C)(C)C(Oc7ccc(C#N)c(Cl)c7)C6(C)C)CN4)C5)cc3)=N[C@@H](CC3NCCO3)C3NNC(C)N23)C1C. The highest BCUT2D eigenvalue weighted by molar-refractivity contribution is 8.00. The van der Waals surface area contributed by atoms with Crippen molar-refractivity contribution >= 4 is 35.0 Å². The van der Waals surface area contributed by atoms with Crippen molar-refractivity contribution in [2.45, 2.75) is 147 Å². The second-order valence-electron chi connectivity index (χ2n) is 21.9. The zero-order valence-corrected chi connectivity index (χ0v) is 41.3. The molecule has 7 unspecified atom stereocenters. The molecule has 16 heteroatoms. The van der Waals surface area contributed by atoms with Gasteiger partial charge in [0.05, 0.1) is 53.0 Å². The summed E-state index contributed by atoms with van der Waals surface area (Å²) in [6.45, 7) is 20.6. The molecular formula is C50H71ClN10O4S. The van der Waals surface area contributed by atoms with E-state index in [-0.39, 0.29) is 71.8 Å². The van der Waals surface area contributed by atoms with E-state index in [9.17, 15) is 10.1 Å². The van der Waals surface area contributed by atoms with Gasteiger partial charge in [0, 0.05) is 79.0 Å². The lowest BCUT2D eigenvalue weighted by atomic mass is 9.49. The molecule has 2 saturated carbocycles. The van der Waals surface area contributed by atoms with Crippen LogP contribution in [0.5, 0.6) is 11.5 Å².